The maximum atomic E-state index is 4.77. The Morgan fingerprint density at radius 2 is 1.83 bits per heavy atom. The number of imidazole rings is 1. The lowest BCUT2D eigenvalue weighted by Crippen LogP contribution is -2.00. The number of aryl methyl sites for hydroxylation is 1. The molecule has 0 aliphatic rings. The molecule has 2 aromatic rings. The van der Waals surface area contributed by atoms with E-state index in [0.29, 0.717) is 5.92 Å². The van der Waals surface area contributed by atoms with Gasteiger partial charge in [-0.15, -0.1) is 0 Å². The summed E-state index contributed by atoms with van der Waals surface area (Å²) in [6.45, 7) is 6.69. The fourth-order valence-corrected chi connectivity index (χ4v) is 2.60. The molecule has 2 rings (SSSR count). The minimum atomic E-state index is 0.595. The van der Waals surface area contributed by atoms with Gasteiger partial charge in [-0.05, 0) is 37.0 Å². The van der Waals surface area contributed by atoms with Gasteiger partial charge in [0.2, 0.25) is 0 Å². The van der Waals surface area contributed by atoms with Crippen LogP contribution in [0.25, 0.3) is 11.0 Å². The zero-order valence-corrected chi connectivity index (χ0v) is 11.8. The van der Waals surface area contributed by atoms with Crippen molar-refractivity contribution in [3.63, 3.8) is 0 Å². The van der Waals surface area contributed by atoms with Crippen molar-refractivity contribution in [2.24, 2.45) is 0 Å². The standard InChI is InChI=1S/C16H24N2/c1-4-7-13(8-5-2)16-17-14-10-9-12(6-3)11-15(14)18-16/h9-11,13H,4-8H2,1-3H3,(H,17,18). The second-order valence-electron chi connectivity index (χ2n) is 5.10. The molecule has 0 unspecified atom stereocenters. The molecular formula is C16H24N2. The van der Waals surface area contributed by atoms with Crippen LogP contribution in [0.3, 0.4) is 0 Å². The maximum absolute atomic E-state index is 4.77. The Morgan fingerprint density at radius 1 is 1.11 bits per heavy atom. The molecule has 0 amide bonds. The molecule has 18 heavy (non-hydrogen) atoms. The van der Waals surface area contributed by atoms with Gasteiger partial charge in [-0.25, -0.2) is 4.98 Å². The van der Waals surface area contributed by atoms with Crippen LogP contribution in [-0.4, -0.2) is 9.97 Å². The van der Waals surface area contributed by atoms with Crippen LogP contribution in [0.5, 0.6) is 0 Å². The first-order valence-electron chi connectivity index (χ1n) is 7.27. The van der Waals surface area contributed by atoms with Gasteiger partial charge in [0.05, 0.1) is 11.0 Å². The number of nitrogens with zero attached hydrogens (tertiary/aromatic N) is 1. The van der Waals surface area contributed by atoms with E-state index in [1.807, 2.05) is 0 Å². The average molecular weight is 244 g/mol. The van der Waals surface area contributed by atoms with Gasteiger partial charge < -0.3 is 4.98 Å². The van der Waals surface area contributed by atoms with Gasteiger partial charge in [-0.1, -0.05) is 39.7 Å². The van der Waals surface area contributed by atoms with Gasteiger partial charge in [-0.3, -0.25) is 0 Å². The third kappa shape index (κ3) is 2.74. The summed E-state index contributed by atoms with van der Waals surface area (Å²) < 4.78 is 0. The summed E-state index contributed by atoms with van der Waals surface area (Å²) in [4.78, 5) is 8.30. The van der Waals surface area contributed by atoms with Gasteiger partial charge in [-0.2, -0.15) is 0 Å². The SMILES string of the molecule is CCCC(CCC)c1nc2ccc(CC)cc2[nH]1. The number of aromatic nitrogens is 2. The number of rotatable bonds is 6. The highest BCUT2D eigenvalue weighted by atomic mass is 14.9. The Hall–Kier alpha value is -1.31. The number of hydrogen-bond donors (Lipinski definition) is 1. The van der Waals surface area contributed by atoms with E-state index < -0.39 is 0 Å². The van der Waals surface area contributed by atoms with Gasteiger partial charge in [0.25, 0.3) is 0 Å². The third-order valence-corrected chi connectivity index (χ3v) is 3.63. The maximum Gasteiger partial charge on any atom is 0.110 e. The van der Waals surface area contributed by atoms with Crippen molar-refractivity contribution in [2.75, 3.05) is 0 Å². The Labute approximate surface area is 110 Å². The minimum absolute atomic E-state index is 0.595. The Morgan fingerprint density at radius 3 is 2.44 bits per heavy atom. The number of H-pyrrole nitrogens is 1. The molecule has 1 heterocycles. The normalized spacial score (nSPS) is 11.6. The topological polar surface area (TPSA) is 28.7 Å². The lowest BCUT2D eigenvalue weighted by atomic mass is 9.98. The first-order chi connectivity index (χ1) is 8.78. The summed E-state index contributed by atoms with van der Waals surface area (Å²) >= 11 is 0. The van der Waals surface area contributed by atoms with Crippen molar-refractivity contribution in [3.8, 4) is 0 Å². The molecule has 0 aliphatic carbocycles. The summed E-state index contributed by atoms with van der Waals surface area (Å²) in [6, 6.07) is 6.56. The molecule has 0 fully saturated rings. The molecule has 1 aromatic carbocycles. The van der Waals surface area contributed by atoms with E-state index in [9.17, 15) is 0 Å². The van der Waals surface area contributed by atoms with Crippen molar-refractivity contribution >= 4 is 11.0 Å². The van der Waals surface area contributed by atoms with Crippen LogP contribution in [0, 0.1) is 0 Å². The molecule has 98 valence electrons. The second-order valence-corrected chi connectivity index (χ2v) is 5.10. The van der Waals surface area contributed by atoms with E-state index in [-0.39, 0.29) is 0 Å². The fraction of sp³-hybridized carbons (Fsp3) is 0.562. The lowest BCUT2D eigenvalue weighted by molar-refractivity contribution is 0.539. The zero-order chi connectivity index (χ0) is 13.0. The van der Waals surface area contributed by atoms with E-state index in [0.717, 1.165) is 11.9 Å². The highest BCUT2D eigenvalue weighted by Crippen LogP contribution is 2.26. The van der Waals surface area contributed by atoms with Crippen LogP contribution in [0.2, 0.25) is 0 Å². The summed E-state index contributed by atoms with van der Waals surface area (Å²) in [6.07, 6.45) is 5.99. The molecule has 0 bridgehead atoms. The molecule has 0 radical (unpaired) electrons. The van der Waals surface area contributed by atoms with E-state index in [1.54, 1.807) is 0 Å². The zero-order valence-electron chi connectivity index (χ0n) is 11.8. The van der Waals surface area contributed by atoms with Gasteiger partial charge >= 0.3 is 0 Å². The molecule has 0 aliphatic heterocycles. The molecular weight excluding hydrogens is 220 g/mol. The molecule has 0 atom stereocenters. The highest BCUT2D eigenvalue weighted by molar-refractivity contribution is 5.76. The first kappa shape index (κ1) is 13.1. The monoisotopic (exact) mass is 244 g/mol. The number of nitrogens with one attached hydrogen (secondary N) is 1. The quantitative estimate of drug-likeness (QED) is 0.776. The summed E-state index contributed by atoms with van der Waals surface area (Å²) in [5.41, 5.74) is 3.68. The van der Waals surface area contributed by atoms with E-state index in [4.69, 9.17) is 4.98 Å². The number of aromatic amines is 1. The highest BCUT2D eigenvalue weighted by Gasteiger charge is 2.14. The molecule has 0 spiro atoms. The van der Waals surface area contributed by atoms with Crippen LogP contribution < -0.4 is 0 Å². The van der Waals surface area contributed by atoms with Crippen LogP contribution >= 0.6 is 0 Å². The van der Waals surface area contributed by atoms with E-state index in [1.165, 1.54) is 42.6 Å². The predicted molar refractivity (Wildman–Crippen MR) is 78.0 cm³/mol. The fourth-order valence-electron chi connectivity index (χ4n) is 2.60. The van der Waals surface area contributed by atoms with Crippen LogP contribution in [0.15, 0.2) is 18.2 Å². The van der Waals surface area contributed by atoms with Crippen molar-refractivity contribution in [2.45, 2.75) is 58.8 Å². The largest absolute Gasteiger partial charge is 0.342 e. The lowest BCUT2D eigenvalue weighted by Gasteiger charge is -2.11. The van der Waals surface area contributed by atoms with Crippen molar-refractivity contribution < 1.29 is 0 Å². The number of fused-ring (bicyclic) bond motifs is 1. The van der Waals surface area contributed by atoms with E-state index in [2.05, 4.69) is 44.0 Å². The first-order valence-corrected chi connectivity index (χ1v) is 7.27. The number of hydrogen-bond acceptors (Lipinski definition) is 1. The van der Waals surface area contributed by atoms with Crippen molar-refractivity contribution in [1.29, 1.82) is 0 Å². The molecule has 1 N–H and O–H groups in total. The summed E-state index contributed by atoms with van der Waals surface area (Å²) in [5.74, 6) is 1.78. The van der Waals surface area contributed by atoms with Crippen LogP contribution in [0.4, 0.5) is 0 Å². The van der Waals surface area contributed by atoms with Crippen LogP contribution in [0.1, 0.15) is 63.8 Å². The van der Waals surface area contributed by atoms with Crippen LogP contribution in [-0.2, 0) is 6.42 Å². The molecule has 0 saturated heterocycles. The van der Waals surface area contributed by atoms with Crippen molar-refractivity contribution in [3.05, 3.63) is 29.6 Å². The predicted octanol–water partition coefficient (Wildman–Crippen LogP) is 4.81. The summed E-state index contributed by atoms with van der Waals surface area (Å²) in [5, 5.41) is 0. The molecule has 1 aromatic heterocycles. The van der Waals surface area contributed by atoms with Gasteiger partial charge in [0, 0.05) is 5.92 Å². The molecule has 2 heteroatoms. The Kier molecular flexibility index (Phi) is 4.40. The average Bonchev–Trinajstić information content (AvgIpc) is 2.81. The molecule has 2 nitrogen and oxygen atoms in total. The Bertz CT molecular complexity index is 493. The molecule has 0 saturated carbocycles. The third-order valence-electron chi connectivity index (χ3n) is 3.63. The number of benzene rings is 1. The minimum Gasteiger partial charge on any atom is -0.342 e. The van der Waals surface area contributed by atoms with E-state index >= 15 is 0 Å². The summed E-state index contributed by atoms with van der Waals surface area (Å²) in [7, 11) is 0. The Balaban J connectivity index is 2.32. The van der Waals surface area contributed by atoms with Crippen molar-refractivity contribution in [1.82, 2.24) is 9.97 Å². The van der Waals surface area contributed by atoms with Gasteiger partial charge in [0.1, 0.15) is 5.82 Å². The smallest absolute Gasteiger partial charge is 0.110 e. The second kappa shape index (κ2) is 6.03. The van der Waals surface area contributed by atoms with Gasteiger partial charge in [0.15, 0.2) is 0 Å².